The molecule has 114 valence electrons. The molecule has 4 nitrogen and oxygen atoms in total. The molecule has 0 aromatic heterocycles. The zero-order valence-electron chi connectivity index (χ0n) is 10.5. The van der Waals surface area contributed by atoms with Gasteiger partial charge in [0.25, 0.3) is 0 Å². The van der Waals surface area contributed by atoms with Crippen LogP contribution < -0.4 is 5.32 Å². The lowest BCUT2D eigenvalue weighted by Crippen LogP contribution is -2.49. The first-order valence-corrected chi connectivity index (χ1v) is 5.93. The van der Waals surface area contributed by atoms with Gasteiger partial charge in [-0.25, -0.2) is 0 Å². The van der Waals surface area contributed by atoms with E-state index in [1.54, 1.807) is 0 Å². The Morgan fingerprint density at radius 1 is 1.15 bits per heavy atom. The van der Waals surface area contributed by atoms with Gasteiger partial charge in [0, 0.05) is 31.7 Å². The molecule has 1 aliphatic rings. The first-order chi connectivity index (χ1) is 8.89. The minimum Gasteiger partial charge on any atom is -0.508 e. The van der Waals surface area contributed by atoms with Crippen molar-refractivity contribution in [3.8, 4) is 11.5 Å². The zero-order valence-corrected chi connectivity index (χ0v) is 11.3. The quantitative estimate of drug-likeness (QED) is 0.732. The van der Waals surface area contributed by atoms with E-state index in [1.165, 1.54) is 4.90 Å². The van der Waals surface area contributed by atoms with E-state index in [0.717, 1.165) is 18.2 Å². The van der Waals surface area contributed by atoms with Crippen LogP contribution in [0, 0.1) is 0 Å². The molecule has 1 aromatic rings. The average molecular weight is 313 g/mol. The molecule has 0 aliphatic carbocycles. The van der Waals surface area contributed by atoms with Crippen molar-refractivity contribution in [2.45, 2.75) is 12.2 Å². The fourth-order valence-electron chi connectivity index (χ4n) is 2.28. The topological polar surface area (TPSA) is 55.7 Å². The van der Waals surface area contributed by atoms with Crippen LogP contribution in [-0.2, 0) is 0 Å². The first kappa shape index (κ1) is 16.9. The second-order valence-electron chi connectivity index (χ2n) is 4.47. The summed E-state index contributed by atoms with van der Waals surface area (Å²) in [6, 6.07) is 1.30. The van der Waals surface area contributed by atoms with Gasteiger partial charge in [0.05, 0.1) is 0 Å². The van der Waals surface area contributed by atoms with Crippen LogP contribution in [0.2, 0.25) is 0 Å². The van der Waals surface area contributed by atoms with E-state index in [2.05, 4.69) is 5.32 Å². The normalized spacial score (nSPS) is 18.4. The number of halogens is 4. The Balaban J connectivity index is 0.00000200. The molecule has 0 unspecified atom stereocenters. The molecule has 0 radical (unpaired) electrons. The molecule has 2 rings (SSSR count). The predicted molar refractivity (Wildman–Crippen MR) is 70.3 cm³/mol. The Labute approximate surface area is 120 Å². The van der Waals surface area contributed by atoms with E-state index in [-0.39, 0.29) is 36.8 Å². The van der Waals surface area contributed by atoms with Gasteiger partial charge in [0.1, 0.15) is 17.5 Å². The maximum Gasteiger partial charge on any atom is 0.408 e. The number of benzene rings is 1. The Bertz CT molecular complexity index is 451. The van der Waals surface area contributed by atoms with Gasteiger partial charge in [0.2, 0.25) is 0 Å². The van der Waals surface area contributed by atoms with Crippen LogP contribution in [0.5, 0.6) is 11.5 Å². The van der Waals surface area contributed by atoms with E-state index in [1.807, 2.05) is 0 Å². The molecule has 1 heterocycles. The van der Waals surface area contributed by atoms with E-state index in [0.29, 0.717) is 13.1 Å². The lowest BCUT2D eigenvalue weighted by Gasteiger charge is -2.36. The molecule has 1 fully saturated rings. The molecule has 1 aliphatic heterocycles. The largest absolute Gasteiger partial charge is 0.508 e. The summed E-state index contributed by atoms with van der Waals surface area (Å²) >= 11 is 0. The number of rotatable bonds is 2. The smallest absolute Gasteiger partial charge is 0.408 e. The molecule has 1 aromatic carbocycles. The fourth-order valence-corrected chi connectivity index (χ4v) is 2.28. The van der Waals surface area contributed by atoms with Crippen molar-refractivity contribution >= 4 is 12.4 Å². The summed E-state index contributed by atoms with van der Waals surface area (Å²) in [5.74, 6) is -0.754. The Morgan fingerprint density at radius 3 is 2.30 bits per heavy atom. The third-order valence-electron chi connectivity index (χ3n) is 3.13. The summed E-state index contributed by atoms with van der Waals surface area (Å²) in [6.45, 7) is 1.40. The molecule has 1 saturated heterocycles. The lowest BCUT2D eigenvalue weighted by atomic mass is 10.0. The maximum absolute atomic E-state index is 13.2. The summed E-state index contributed by atoms with van der Waals surface area (Å²) in [6.07, 6.45) is -4.51. The van der Waals surface area contributed by atoms with Crippen LogP contribution >= 0.6 is 12.4 Å². The van der Waals surface area contributed by atoms with Gasteiger partial charge >= 0.3 is 6.18 Å². The first-order valence-electron chi connectivity index (χ1n) is 5.93. The number of aromatic hydroxyl groups is 2. The van der Waals surface area contributed by atoms with E-state index >= 15 is 0 Å². The number of alkyl halides is 3. The molecular formula is C12H16ClF3N2O2. The van der Waals surface area contributed by atoms with Gasteiger partial charge in [0.15, 0.2) is 0 Å². The highest BCUT2D eigenvalue weighted by atomic mass is 35.5. The fraction of sp³-hybridized carbons (Fsp3) is 0.500. The number of piperazine rings is 1. The van der Waals surface area contributed by atoms with Crippen molar-refractivity contribution in [2.24, 2.45) is 0 Å². The Morgan fingerprint density at radius 2 is 1.75 bits per heavy atom. The molecule has 0 bridgehead atoms. The van der Waals surface area contributed by atoms with Gasteiger partial charge in [-0.1, -0.05) is 0 Å². The summed E-state index contributed by atoms with van der Waals surface area (Å²) in [7, 11) is 0. The molecule has 20 heavy (non-hydrogen) atoms. The molecule has 8 heteroatoms. The van der Waals surface area contributed by atoms with Crippen LogP contribution in [0.3, 0.4) is 0 Å². The number of phenols is 2. The van der Waals surface area contributed by atoms with Crippen molar-refractivity contribution < 1.29 is 23.4 Å². The van der Waals surface area contributed by atoms with Gasteiger partial charge in [-0.3, -0.25) is 4.90 Å². The van der Waals surface area contributed by atoms with Crippen LogP contribution in [0.25, 0.3) is 0 Å². The summed E-state index contributed by atoms with van der Waals surface area (Å²) in [5, 5.41) is 22.0. The lowest BCUT2D eigenvalue weighted by molar-refractivity contribution is -0.188. The third kappa shape index (κ3) is 3.68. The molecule has 0 saturated carbocycles. The van der Waals surface area contributed by atoms with Crippen LogP contribution in [0.15, 0.2) is 18.2 Å². The molecule has 1 atom stereocenters. The van der Waals surface area contributed by atoms with Crippen molar-refractivity contribution in [2.75, 3.05) is 26.2 Å². The molecular weight excluding hydrogens is 297 g/mol. The zero-order chi connectivity index (χ0) is 14.0. The van der Waals surface area contributed by atoms with Gasteiger partial charge < -0.3 is 15.5 Å². The van der Waals surface area contributed by atoms with Crippen LogP contribution in [-0.4, -0.2) is 47.5 Å². The number of hydrogen-bond acceptors (Lipinski definition) is 4. The number of nitrogens with zero attached hydrogens (tertiary/aromatic N) is 1. The Kier molecular flexibility index (Phi) is 5.50. The van der Waals surface area contributed by atoms with E-state index in [4.69, 9.17) is 0 Å². The number of hydrogen-bond donors (Lipinski definition) is 3. The predicted octanol–water partition coefficient (Wildman–Crippen LogP) is 2.03. The maximum atomic E-state index is 13.2. The number of phenolic OH excluding ortho intramolecular Hbond substituents is 2. The highest BCUT2D eigenvalue weighted by Crippen LogP contribution is 2.42. The second kappa shape index (κ2) is 6.51. The third-order valence-corrected chi connectivity index (χ3v) is 3.13. The van der Waals surface area contributed by atoms with Crippen molar-refractivity contribution in [3.63, 3.8) is 0 Å². The number of nitrogens with one attached hydrogen (secondary N) is 1. The minimum atomic E-state index is -4.51. The van der Waals surface area contributed by atoms with Crippen molar-refractivity contribution in [3.05, 3.63) is 23.8 Å². The van der Waals surface area contributed by atoms with Crippen LogP contribution in [0.4, 0.5) is 13.2 Å². The molecule has 0 amide bonds. The SMILES string of the molecule is Cl.Oc1ccc(O)c([C@H](N2CCNCC2)C(F)(F)F)c1. The standard InChI is InChI=1S/C12H15F3N2O2.ClH/c13-12(14,15)11(17-5-3-16-4-6-17)9-7-8(18)1-2-10(9)19;/h1-2,7,11,16,18-19H,3-6H2;1H/t11-;/m0./s1. The van der Waals surface area contributed by atoms with Crippen LogP contribution in [0.1, 0.15) is 11.6 Å². The average Bonchev–Trinajstić information content (AvgIpc) is 2.33. The molecule has 3 N–H and O–H groups in total. The van der Waals surface area contributed by atoms with Crippen molar-refractivity contribution in [1.29, 1.82) is 0 Å². The highest BCUT2D eigenvalue weighted by Gasteiger charge is 2.46. The minimum absolute atomic E-state index is 0. The van der Waals surface area contributed by atoms with Gasteiger partial charge in [-0.15, -0.1) is 12.4 Å². The van der Waals surface area contributed by atoms with Gasteiger partial charge in [-0.2, -0.15) is 13.2 Å². The monoisotopic (exact) mass is 312 g/mol. The second-order valence-corrected chi connectivity index (χ2v) is 4.47. The highest BCUT2D eigenvalue weighted by molar-refractivity contribution is 5.85. The Hall–Kier alpha value is -1.18. The molecule has 0 spiro atoms. The van der Waals surface area contributed by atoms with E-state index < -0.39 is 18.0 Å². The summed E-state index contributed by atoms with van der Waals surface area (Å²) in [4.78, 5) is 1.25. The van der Waals surface area contributed by atoms with E-state index in [9.17, 15) is 23.4 Å². The summed E-state index contributed by atoms with van der Waals surface area (Å²) in [5.41, 5.74) is -0.311. The summed E-state index contributed by atoms with van der Waals surface area (Å²) < 4.78 is 39.7. The van der Waals surface area contributed by atoms with Gasteiger partial charge in [-0.05, 0) is 18.2 Å². The van der Waals surface area contributed by atoms with Crippen molar-refractivity contribution in [1.82, 2.24) is 10.2 Å².